The molecular formula is C20H19ClN4O2. The number of carbonyl (C=O) groups is 1. The van der Waals surface area contributed by atoms with Gasteiger partial charge in [-0.3, -0.25) is 4.79 Å². The quantitative estimate of drug-likeness (QED) is 0.664. The summed E-state index contributed by atoms with van der Waals surface area (Å²) in [4.78, 5) is 21.2. The minimum atomic E-state index is -0.343. The van der Waals surface area contributed by atoms with E-state index < -0.39 is 0 Å². The van der Waals surface area contributed by atoms with Crippen molar-refractivity contribution in [2.75, 3.05) is 17.7 Å². The lowest BCUT2D eigenvalue weighted by Gasteiger charge is -2.10. The molecule has 0 saturated carbocycles. The lowest BCUT2D eigenvalue weighted by Crippen LogP contribution is -2.16. The molecule has 6 nitrogen and oxygen atoms in total. The van der Waals surface area contributed by atoms with Crippen molar-refractivity contribution in [1.82, 2.24) is 9.97 Å². The van der Waals surface area contributed by atoms with E-state index in [1.807, 2.05) is 37.3 Å². The Labute approximate surface area is 162 Å². The highest BCUT2D eigenvalue weighted by molar-refractivity contribution is 6.32. The lowest BCUT2D eigenvalue weighted by atomic mass is 10.2. The van der Waals surface area contributed by atoms with Gasteiger partial charge in [0.2, 0.25) is 5.95 Å². The van der Waals surface area contributed by atoms with Gasteiger partial charge in [-0.1, -0.05) is 41.9 Å². The summed E-state index contributed by atoms with van der Waals surface area (Å²) < 4.78 is 5.11. The maximum Gasteiger partial charge on any atom is 0.274 e. The summed E-state index contributed by atoms with van der Waals surface area (Å²) in [5, 5.41) is 6.34. The molecule has 3 aromatic rings. The summed E-state index contributed by atoms with van der Waals surface area (Å²) in [6.07, 6.45) is 0. The second kappa shape index (κ2) is 8.51. The number of methoxy groups -OCH3 is 1. The number of rotatable bonds is 6. The van der Waals surface area contributed by atoms with E-state index >= 15 is 0 Å². The van der Waals surface area contributed by atoms with Crippen LogP contribution >= 0.6 is 11.6 Å². The first-order valence-corrected chi connectivity index (χ1v) is 8.71. The average molecular weight is 383 g/mol. The summed E-state index contributed by atoms with van der Waals surface area (Å²) in [7, 11) is 1.53. The van der Waals surface area contributed by atoms with E-state index in [1.54, 1.807) is 24.3 Å². The number of ether oxygens (including phenoxy) is 1. The molecule has 0 atom stereocenters. The monoisotopic (exact) mass is 382 g/mol. The largest absolute Gasteiger partial charge is 0.495 e. The Kier molecular flexibility index (Phi) is 5.88. The van der Waals surface area contributed by atoms with E-state index in [0.717, 1.165) is 5.56 Å². The van der Waals surface area contributed by atoms with Crippen LogP contribution in [0.15, 0.2) is 54.6 Å². The molecule has 0 saturated heterocycles. The molecule has 2 aromatic carbocycles. The van der Waals surface area contributed by atoms with Crippen LogP contribution in [0.2, 0.25) is 5.02 Å². The predicted octanol–water partition coefficient (Wildman–Crippen LogP) is 4.31. The van der Waals surface area contributed by atoms with Crippen LogP contribution in [-0.2, 0) is 6.54 Å². The second-order valence-corrected chi connectivity index (χ2v) is 6.27. The number of amides is 1. The molecule has 0 bridgehead atoms. The van der Waals surface area contributed by atoms with Gasteiger partial charge in [-0.05, 0) is 36.8 Å². The standard InChI is InChI=1S/C20H19ClN4O2/c1-13-10-17(19(26)24-15-8-9-18(27-2)16(21)11-15)25-20(23-13)22-12-14-6-4-3-5-7-14/h3-11H,12H2,1-2H3,(H,24,26)(H,22,23,25). The molecule has 0 radical (unpaired) electrons. The Balaban J connectivity index is 1.72. The van der Waals surface area contributed by atoms with Crippen LogP contribution in [0.4, 0.5) is 11.6 Å². The third kappa shape index (κ3) is 4.95. The van der Waals surface area contributed by atoms with Gasteiger partial charge < -0.3 is 15.4 Å². The van der Waals surface area contributed by atoms with Gasteiger partial charge in [-0.25, -0.2) is 9.97 Å². The Bertz CT molecular complexity index is 948. The minimum Gasteiger partial charge on any atom is -0.495 e. The molecule has 0 unspecified atom stereocenters. The van der Waals surface area contributed by atoms with E-state index in [0.29, 0.717) is 34.6 Å². The molecule has 0 aliphatic heterocycles. The third-order valence-corrected chi connectivity index (χ3v) is 4.09. The number of nitrogens with zero attached hydrogens (tertiary/aromatic N) is 2. The number of hydrogen-bond donors (Lipinski definition) is 2. The maximum atomic E-state index is 12.6. The normalized spacial score (nSPS) is 10.3. The van der Waals surface area contributed by atoms with Crippen LogP contribution < -0.4 is 15.4 Å². The molecule has 27 heavy (non-hydrogen) atoms. The highest BCUT2D eigenvalue weighted by atomic mass is 35.5. The Morgan fingerprint density at radius 2 is 1.89 bits per heavy atom. The third-order valence-electron chi connectivity index (χ3n) is 3.79. The molecular weight excluding hydrogens is 364 g/mol. The summed E-state index contributed by atoms with van der Waals surface area (Å²) in [6, 6.07) is 16.6. The summed E-state index contributed by atoms with van der Waals surface area (Å²) >= 11 is 6.10. The van der Waals surface area contributed by atoms with Crippen molar-refractivity contribution in [3.05, 3.63) is 76.6 Å². The molecule has 0 aliphatic carbocycles. The first-order valence-electron chi connectivity index (χ1n) is 8.33. The van der Waals surface area contributed by atoms with Crippen LogP contribution in [-0.4, -0.2) is 23.0 Å². The Morgan fingerprint density at radius 3 is 2.59 bits per heavy atom. The van der Waals surface area contributed by atoms with Crippen LogP contribution in [0, 0.1) is 6.92 Å². The van der Waals surface area contributed by atoms with Crippen LogP contribution in [0.5, 0.6) is 5.75 Å². The van der Waals surface area contributed by atoms with Gasteiger partial charge in [0.05, 0.1) is 12.1 Å². The van der Waals surface area contributed by atoms with Crippen molar-refractivity contribution in [2.24, 2.45) is 0 Å². The van der Waals surface area contributed by atoms with E-state index in [1.165, 1.54) is 7.11 Å². The van der Waals surface area contributed by atoms with E-state index in [4.69, 9.17) is 16.3 Å². The van der Waals surface area contributed by atoms with Crippen molar-refractivity contribution in [1.29, 1.82) is 0 Å². The fourth-order valence-electron chi connectivity index (χ4n) is 2.48. The van der Waals surface area contributed by atoms with Crippen LogP contribution in [0.25, 0.3) is 0 Å². The number of aromatic nitrogens is 2. The van der Waals surface area contributed by atoms with Gasteiger partial charge in [-0.15, -0.1) is 0 Å². The smallest absolute Gasteiger partial charge is 0.274 e. The number of halogens is 1. The maximum absolute atomic E-state index is 12.6. The van der Waals surface area contributed by atoms with Crippen molar-refractivity contribution in [3.8, 4) is 5.75 Å². The van der Waals surface area contributed by atoms with Gasteiger partial charge in [-0.2, -0.15) is 0 Å². The van der Waals surface area contributed by atoms with E-state index in [2.05, 4.69) is 20.6 Å². The first-order chi connectivity index (χ1) is 13.0. The highest BCUT2D eigenvalue weighted by Gasteiger charge is 2.12. The topological polar surface area (TPSA) is 76.1 Å². The molecule has 138 valence electrons. The number of benzene rings is 2. The molecule has 7 heteroatoms. The van der Waals surface area contributed by atoms with Crippen molar-refractivity contribution >= 4 is 29.1 Å². The number of carbonyl (C=O) groups excluding carboxylic acids is 1. The van der Waals surface area contributed by atoms with Crippen molar-refractivity contribution in [3.63, 3.8) is 0 Å². The van der Waals surface area contributed by atoms with E-state index in [9.17, 15) is 4.79 Å². The molecule has 0 aliphatic rings. The average Bonchev–Trinajstić information content (AvgIpc) is 2.67. The Morgan fingerprint density at radius 1 is 1.11 bits per heavy atom. The van der Waals surface area contributed by atoms with Gasteiger partial charge in [0.1, 0.15) is 11.4 Å². The predicted molar refractivity (Wildman–Crippen MR) is 106 cm³/mol. The molecule has 0 spiro atoms. The zero-order valence-corrected chi connectivity index (χ0v) is 15.7. The van der Waals surface area contributed by atoms with Crippen LogP contribution in [0.3, 0.4) is 0 Å². The van der Waals surface area contributed by atoms with Gasteiger partial charge in [0.25, 0.3) is 5.91 Å². The number of aryl methyl sites for hydroxylation is 1. The van der Waals surface area contributed by atoms with Crippen molar-refractivity contribution < 1.29 is 9.53 Å². The number of anilines is 2. The van der Waals surface area contributed by atoms with Crippen LogP contribution in [0.1, 0.15) is 21.7 Å². The number of nitrogens with one attached hydrogen (secondary N) is 2. The zero-order chi connectivity index (χ0) is 19.2. The molecule has 1 heterocycles. The summed E-state index contributed by atoms with van der Waals surface area (Å²) in [5.74, 6) is 0.598. The molecule has 3 rings (SSSR count). The summed E-state index contributed by atoms with van der Waals surface area (Å²) in [5.41, 5.74) is 2.62. The highest BCUT2D eigenvalue weighted by Crippen LogP contribution is 2.27. The van der Waals surface area contributed by atoms with Gasteiger partial charge >= 0.3 is 0 Å². The molecule has 0 fully saturated rings. The van der Waals surface area contributed by atoms with Gasteiger partial charge in [0.15, 0.2) is 0 Å². The fourth-order valence-corrected chi connectivity index (χ4v) is 2.74. The SMILES string of the molecule is COc1ccc(NC(=O)c2cc(C)nc(NCc3ccccc3)n2)cc1Cl. The summed E-state index contributed by atoms with van der Waals surface area (Å²) in [6.45, 7) is 2.38. The zero-order valence-electron chi connectivity index (χ0n) is 15.0. The second-order valence-electron chi connectivity index (χ2n) is 5.86. The molecule has 1 amide bonds. The first kappa shape index (κ1) is 18.7. The fraction of sp³-hybridized carbons (Fsp3) is 0.150. The van der Waals surface area contributed by atoms with Crippen molar-refractivity contribution in [2.45, 2.75) is 13.5 Å². The lowest BCUT2D eigenvalue weighted by molar-refractivity contribution is 0.102. The molecule has 1 aromatic heterocycles. The minimum absolute atomic E-state index is 0.269. The van der Waals surface area contributed by atoms with Gasteiger partial charge in [0, 0.05) is 17.9 Å². The Hall–Kier alpha value is -3.12. The molecule has 2 N–H and O–H groups in total. The van der Waals surface area contributed by atoms with E-state index in [-0.39, 0.29) is 11.6 Å². The number of hydrogen-bond acceptors (Lipinski definition) is 5.